The van der Waals surface area contributed by atoms with Crippen molar-refractivity contribution in [3.8, 4) is 11.5 Å². The first kappa shape index (κ1) is 15.5. The molecule has 0 unspecified atom stereocenters. The SMILES string of the molecule is COc1ccc(Cl)cc1NC(=O)c1ccc(Cl)cc1OC. The van der Waals surface area contributed by atoms with Crippen molar-refractivity contribution in [2.24, 2.45) is 0 Å². The van der Waals surface area contributed by atoms with Crippen molar-refractivity contribution in [3.63, 3.8) is 0 Å². The van der Waals surface area contributed by atoms with E-state index in [2.05, 4.69) is 5.32 Å². The van der Waals surface area contributed by atoms with Crippen LogP contribution in [-0.2, 0) is 0 Å². The molecule has 0 aromatic heterocycles. The third kappa shape index (κ3) is 3.60. The summed E-state index contributed by atoms with van der Waals surface area (Å²) >= 11 is 11.8. The average Bonchev–Trinajstić information content (AvgIpc) is 2.47. The van der Waals surface area contributed by atoms with Gasteiger partial charge in [-0.15, -0.1) is 0 Å². The van der Waals surface area contributed by atoms with Crippen LogP contribution in [0.25, 0.3) is 0 Å². The van der Waals surface area contributed by atoms with Gasteiger partial charge in [0.05, 0.1) is 25.5 Å². The van der Waals surface area contributed by atoms with Crippen molar-refractivity contribution < 1.29 is 14.3 Å². The van der Waals surface area contributed by atoms with E-state index in [1.54, 1.807) is 36.4 Å². The summed E-state index contributed by atoms with van der Waals surface area (Å²) < 4.78 is 10.3. The Bertz CT molecular complexity index is 674. The standard InChI is InChI=1S/C15H13Cl2NO3/c1-20-13-6-4-9(16)7-12(13)18-15(19)11-5-3-10(17)8-14(11)21-2/h3-8H,1-2H3,(H,18,19). The molecule has 21 heavy (non-hydrogen) atoms. The Balaban J connectivity index is 2.32. The van der Waals surface area contributed by atoms with E-state index in [0.717, 1.165) is 0 Å². The van der Waals surface area contributed by atoms with E-state index < -0.39 is 0 Å². The number of carbonyl (C=O) groups excluding carboxylic acids is 1. The fraction of sp³-hybridized carbons (Fsp3) is 0.133. The molecule has 0 saturated carbocycles. The van der Waals surface area contributed by atoms with Gasteiger partial charge in [-0.05, 0) is 36.4 Å². The zero-order valence-electron chi connectivity index (χ0n) is 11.4. The molecule has 0 fully saturated rings. The molecule has 0 radical (unpaired) electrons. The van der Waals surface area contributed by atoms with Crippen LogP contribution in [0, 0.1) is 0 Å². The quantitative estimate of drug-likeness (QED) is 0.913. The van der Waals surface area contributed by atoms with Crippen molar-refractivity contribution in [3.05, 3.63) is 52.0 Å². The number of ether oxygens (including phenoxy) is 2. The van der Waals surface area contributed by atoms with Gasteiger partial charge >= 0.3 is 0 Å². The van der Waals surface area contributed by atoms with Crippen molar-refractivity contribution in [2.45, 2.75) is 0 Å². The van der Waals surface area contributed by atoms with Crippen LogP contribution < -0.4 is 14.8 Å². The topological polar surface area (TPSA) is 47.6 Å². The number of hydrogen-bond donors (Lipinski definition) is 1. The van der Waals surface area contributed by atoms with Crippen LogP contribution in [0.15, 0.2) is 36.4 Å². The molecular formula is C15H13Cl2NO3. The fourth-order valence-corrected chi connectivity index (χ4v) is 2.15. The van der Waals surface area contributed by atoms with Gasteiger partial charge in [0.15, 0.2) is 0 Å². The molecule has 2 aromatic carbocycles. The molecule has 6 heteroatoms. The first-order valence-electron chi connectivity index (χ1n) is 6.03. The summed E-state index contributed by atoms with van der Waals surface area (Å²) in [7, 11) is 2.99. The lowest BCUT2D eigenvalue weighted by molar-refractivity contribution is 0.102. The van der Waals surface area contributed by atoms with E-state index >= 15 is 0 Å². The lowest BCUT2D eigenvalue weighted by Gasteiger charge is -2.12. The summed E-state index contributed by atoms with van der Waals surface area (Å²) in [5, 5.41) is 3.73. The average molecular weight is 326 g/mol. The van der Waals surface area contributed by atoms with Gasteiger partial charge < -0.3 is 14.8 Å². The summed E-state index contributed by atoms with van der Waals surface area (Å²) in [6, 6.07) is 9.75. The zero-order valence-corrected chi connectivity index (χ0v) is 13.0. The first-order chi connectivity index (χ1) is 10.0. The Labute approximate surface area is 132 Å². The van der Waals surface area contributed by atoms with Gasteiger partial charge in [0.1, 0.15) is 11.5 Å². The van der Waals surface area contributed by atoms with Crippen LogP contribution in [0.1, 0.15) is 10.4 Å². The third-order valence-corrected chi connectivity index (χ3v) is 3.29. The van der Waals surface area contributed by atoms with Crippen molar-refractivity contribution >= 4 is 34.8 Å². The summed E-state index contributed by atoms with van der Waals surface area (Å²) in [6.45, 7) is 0. The molecule has 0 bridgehead atoms. The first-order valence-corrected chi connectivity index (χ1v) is 6.79. The van der Waals surface area contributed by atoms with E-state index in [1.165, 1.54) is 14.2 Å². The highest BCUT2D eigenvalue weighted by Crippen LogP contribution is 2.29. The van der Waals surface area contributed by atoms with Gasteiger partial charge in [-0.25, -0.2) is 0 Å². The maximum atomic E-state index is 12.4. The molecule has 0 aliphatic rings. The zero-order chi connectivity index (χ0) is 15.4. The fourth-order valence-electron chi connectivity index (χ4n) is 1.82. The maximum Gasteiger partial charge on any atom is 0.259 e. The number of anilines is 1. The summed E-state index contributed by atoms with van der Waals surface area (Å²) in [5.74, 6) is 0.561. The van der Waals surface area contributed by atoms with Crippen LogP contribution in [0.2, 0.25) is 10.0 Å². The summed E-state index contributed by atoms with van der Waals surface area (Å²) in [6.07, 6.45) is 0. The number of nitrogens with one attached hydrogen (secondary N) is 1. The monoisotopic (exact) mass is 325 g/mol. The second-order valence-electron chi connectivity index (χ2n) is 4.14. The minimum atomic E-state index is -0.343. The van der Waals surface area contributed by atoms with Crippen molar-refractivity contribution in [1.29, 1.82) is 0 Å². The molecule has 0 aliphatic carbocycles. The van der Waals surface area contributed by atoms with Gasteiger partial charge in [0.2, 0.25) is 0 Å². The lowest BCUT2D eigenvalue weighted by Crippen LogP contribution is -2.13. The van der Waals surface area contributed by atoms with Gasteiger partial charge in [0.25, 0.3) is 5.91 Å². The molecule has 1 amide bonds. The number of halogens is 2. The molecule has 4 nitrogen and oxygen atoms in total. The van der Waals surface area contributed by atoms with E-state index in [4.69, 9.17) is 32.7 Å². The van der Waals surface area contributed by atoms with Crippen LogP contribution >= 0.6 is 23.2 Å². The highest BCUT2D eigenvalue weighted by molar-refractivity contribution is 6.31. The largest absolute Gasteiger partial charge is 0.496 e. The van der Waals surface area contributed by atoms with Gasteiger partial charge in [-0.3, -0.25) is 4.79 Å². The summed E-state index contributed by atoms with van der Waals surface area (Å²) in [5.41, 5.74) is 0.843. The highest BCUT2D eigenvalue weighted by atomic mass is 35.5. The predicted octanol–water partition coefficient (Wildman–Crippen LogP) is 4.26. The number of methoxy groups -OCH3 is 2. The van der Waals surface area contributed by atoms with E-state index in [0.29, 0.717) is 32.8 Å². The van der Waals surface area contributed by atoms with Crippen LogP contribution in [0.4, 0.5) is 5.69 Å². The Hall–Kier alpha value is -1.91. The third-order valence-electron chi connectivity index (χ3n) is 2.82. The molecular weight excluding hydrogens is 313 g/mol. The number of carbonyl (C=O) groups is 1. The smallest absolute Gasteiger partial charge is 0.259 e. The molecule has 2 aromatic rings. The molecule has 110 valence electrons. The predicted molar refractivity (Wildman–Crippen MR) is 84.0 cm³/mol. The molecule has 0 atom stereocenters. The summed E-state index contributed by atoms with van der Waals surface area (Å²) in [4.78, 5) is 12.4. The molecule has 1 N–H and O–H groups in total. The van der Waals surface area contributed by atoms with E-state index in [-0.39, 0.29) is 5.91 Å². The Morgan fingerprint density at radius 2 is 1.57 bits per heavy atom. The van der Waals surface area contributed by atoms with Gasteiger partial charge in [-0.2, -0.15) is 0 Å². The number of benzene rings is 2. The second kappa shape index (κ2) is 6.70. The second-order valence-corrected chi connectivity index (χ2v) is 5.02. The Morgan fingerprint density at radius 1 is 0.952 bits per heavy atom. The number of rotatable bonds is 4. The molecule has 0 spiro atoms. The van der Waals surface area contributed by atoms with Gasteiger partial charge in [0, 0.05) is 10.0 Å². The highest BCUT2D eigenvalue weighted by Gasteiger charge is 2.15. The Morgan fingerprint density at radius 3 is 2.24 bits per heavy atom. The van der Waals surface area contributed by atoms with Crippen molar-refractivity contribution in [1.82, 2.24) is 0 Å². The lowest BCUT2D eigenvalue weighted by atomic mass is 10.1. The van der Waals surface area contributed by atoms with Crippen LogP contribution in [-0.4, -0.2) is 20.1 Å². The van der Waals surface area contributed by atoms with E-state index in [1.807, 2.05) is 0 Å². The van der Waals surface area contributed by atoms with Crippen molar-refractivity contribution in [2.75, 3.05) is 19.5 Å². The minimum Gasteiger partial charge on any atom is -0.496 e. The molecule has 0 heterocycles. The Kier molecular flexibility index (Phi) is 4.94. The number of amides is 1. The maximum absolute atomic E-state index is 12.4. The van der Waals surface area contributed by atoms with Gasteiger partial charge in [-0.1, -0.05) is 23.2 Å². The van der Waals surface area contributed by atoms with Crippen LogP contribution in [0.3, 0.4) is 0 Å². The number of hydrogen-bond acceptors (Lipinski definition) is 3. The molecule has 0 aliphatic heterocycles. The molecule has 0 saturated heterocycles. The molecule has 2 rings (SSSR count). The normalized spacial score (nSPS) is 10.1. The minimum absolute atomic E-state index is 0.343. The van der Waals surface area contributed by atoms with Crippen LogP contribution in [0.5, 0.6) is 11.5 Å². The van der Waals surface area contributed by atoms with E-state index in [9.17, 15) is 4.79 Å².